The van der Waals surface area contributed by atoms with E-state index in [4.69, 9.17) is 24.7 Å². The number of nitrogens with one attached hydrogen (secondary N) is 2. The number of nitrogens with zero attached hydrogens (tertiary/aromatic N) is 4. The van der Waals surface area contributed by atoms with Gasteiger partial charge < -0.3 is 35.3 Å². The molecule has 0 saturated carbocycles. The van der Waals surface area contributed by atoms with Crippen LogP contribution in [-0.4, -0.2) is 97.8 Å². The van der Waals surface area contributed by atoms with E-state index in [2.05, 4.69) is 30.5 Å². The molecule has 2 aromatic heterocycles. The van der Waals surface area contributed by atoms with Crippen LogP contribution in [0.5, 0.6) is 11.9 Å². The lowest BCUT2D eigenvalue weighted by molar-refractivity contribution is -0.166. The number of hydrogen-bond acceptors (Lipinski definition) is 11. The summed E-state index contributed by atoms with van der Waals surface area (Å²) in [6.45, 7) is 13.3. The molecule has 2 saturated heterocycles. The van der Waals surface area contributed by atoms with Gasteiger partial charge in [0.05, 0.1) is 55.9 Å². The molecule has 0 spiro atoms. The van der Waals surface area contributed by atoms with Gasteiger partial charge in [0, 0.05) is 38.2 Å². The van der Waals surface area contributed by atoms with E-state index in [9.17, 15) is 17.6 Å². The number of halogens is 5. The minimum absolute atomic E-state index is 0.0209. The second kappa shape index (κ2) is 16.4. The molecular weight excluding hydrogens is 653 g/mol. The lowest BCUT2D eigenvalue weighted by Crippen LogP contribution is -2.65. The van der Waals surface area contributed by atoms with Crippen LogP contribution in [0.2, 0.25) is 0 Å². The monoisotopic (exact) mass is 699 g/mol. The fourth-order valence-corrected chi connectivity index (χ4v) is 5.72. The zero-order valence-electron chi connectivity index (χ0n) is 28.8. The highest BCUT2D eigenvalue weighted by atomic mass is 19.4. The van der Waals surface area contributed by atoms with Crippen molar-refractivity contribution in [1.29, 1.82) is 0 Å². The molecule has 3 aromatic rings. The third kappa shape index (κ3) is 8.24. The quantitative estimate of drug-likeness (QED) is 0.117. The molecule has 0 bridgehead atoms. The van der Waals surface area contributed by atoms with Crippen molar-refractivity contribution in [2.24, 2.45) is 0 Å². The van der Waals surface area contributed by atoms with E-state index in [1.807, 2.05) is 20.8 Å². The molecule has 16 heteroatoms. The molecule has 0 radical (unpaired) electrons. The van der Waals surface area contributed by atoms with Crippen LogP contribution in [0.3, 0.4) is 0 Å². The van der Waals surface area contributed by atoms with Gasteiger partial charge in [-0.1, -0.05) is 20.8 Å². The van der Waals surface area contributed by atoms with Gasteiger partial charge in [0.2, 0.25) is 5.88 Å². The Kier molecular flexibility index (Phi) is 12.8. The van der Waals surface area contributed by atoms with Gasteiger partial charge in [0.25, 0.3) is 0 Å². The second-order valence-corrected chi connectivity index (χ2v) is 11.8. The lowest BCUT2D eigenvalue weighted by atomic mass is 9.90. The van der Waals surface area contributed by atoms with Crippen LogP contribution in [0.25, 0.3) is 22.2 Å². The van der Waals surface area contributed by atoms with Gasteiger partial charge in [-0.3, -0.25) is 4.90 Å². The van der Waals surface area contributed by atoms with Crippen LogP contribution >= 0.6 is 0 Å². The number of rotatable bonds is 13. The number of benzene rings is 1. The van der Waals surface area contributed by atoms with E-state index in [0.29, 0.717) is 52.4 Å². The van der Waals surface area contributed by atoms with Crippen molar-refractivity contribution in [2.75, 3.05) is 77.3 Å². The first kappa shape index (κ1) is 38.2. The summed E-state index contributed by atoms with van der Waals surface area (Å²) in [4.78, 5) is 15.4. The zero-order valence-corrected chi connectivity index (χ0v) is 28.8. The van der Waals surface area contributed by atoms with Crippen LogP contribution < -0.4 is 25.8 Å². The van der Waals surface area contributed by atoms with Gasteiger partial charge in [0.15, 0.2) is 5.82 Å². The average Bonchev–Trinajstić information content (AvgIpc) is 3.06. The summed E-state index contributed by atoms with van der Waals surface area (Å²) in [5.74, 6) is -2.53. The number of anilines is 2. The van der Waals surface area contributed by atoms with Crippen LogP contribution in [0.1, 0.15) is 51.7 Å². The first-order valence-electron chi connectivity index (χ1n) is 16.6. The summed E-state index contributed by atoms with van der Waals surface area (Å²) < 4.78 is 97.4. The number of likely N-dealkylation sites (N-methyl/N-ethyl adjacent to an activating group) is 1. The maximum atomic E-state index is 16.6. The molecule has 0 aliphatic carbocycles. The molecule has 11 nitrogen and oxygen atoms in total. The number of nitrogen functional groups attached to an aromatic ring is 1. The van der Waals surface area contributed by atoms with Crippen molar-refractivity contribution in [3.8, 4) is 23.1 Å². The predicted octanol–water partition coefficient (Wildman–Crippen LogP) is 5.58. The number of nitrogens with two attached hydrogens (primary N) is 1. The predicted molar refractivity (Wildman–Crippen MR) is 177 cm³/mol. The maximum absolute atomic E-state index is 16.6. The Morgan fingerprint density at radius 1 is 1.06 bits per heavy atom. The fraction of sp³-hybridized carbons (Fsp3) is 0.606. The standard InChI is InChI=1S/C31H40F5N7O4.C2H6/c1-5-17(2)47-28-21-26(24(33)25(40-28)19-14-20(37)23(32)18(3)22(19)31(34,35)36)41-29(42-27(21)39-8-7-38-4)46-11-6-30(15-45-16-30)43-9-12-44-13-10-43;1-2/h14,17,38H,5-13,15-16,37H2,1-4H3,(H,39,41,42);1-2H3. The Hall–Kier alpha value is -3.60. The molecule has 0 amide bonds. The summed E-state index contributed by atoms with van der Waals surface area (Å²) in [5.41, 5.74) is 0.845. The van der Waals surface area contributed by atoms with Crippen molar-refractivity contribution in [3.63, 3.8) is 0 Å². The Balaban J connectivity index is 0.00000265. The number of pyridine rings is 1. The summed E-state index contributed by atoms with van der Waals surface area (Å²) in [7, 11) is 1.75. The number of hydrogen-bond donors (Lipinski definition) is 3. The fourth-order valence-electron chi connectivity index (χ4n) is 5.72. The van der Waals surface area contributed by atoms with Crippen LogP contribution in [0.4, 0.5) is 33.5 Å². The minimum Gasteiger partial charge on any atom is -0.474 e. The van der Waals surface area contributed by atoms with Gasteiger partial charge in [-0.25, -0.2) is 13.8 Å². The number of ether oxygens (including phenoxy) is 4. The van der Waals surface area contributed by atoms with Crippen molar-refractivity contribution >= 4 is 22.4 Å². The van der Waals surface area contributed by atoms with Crippen LogP contribution in [-0.2, 0) is 15.7 Å². The topological polar surface area (TPSA) is 129 Å². The van der Waals surface area contributed by atoms with Crippen molar-refractivity contribution in [1.82, 2.24) is 25.2 Å². The molecule has 272 valence electrons. The first-order valence-corrected chi connectivity index (χ1v) is 16.6. The molecule has 4 N–H and O–H groups in total. The largest absolute Gasteiger partial charge is 0.474 e. The van der Waals surface area contributed by atoms with Crippen molar-refractivity contribution in [2.45, 2.75) is 65.3 Å². The van der Waals surface area contributed by atoms with Gasteiger partial charge in [0.1, 0.15) is 28.2 Å². The van der Waals surface area contributed by atoms with E-state index in [1.165, 1.54) is 0 Å². The minimum atomic E-state index is -5.06. The first-order chi connectivity index (χ1) is 23.4. The molecule has 1 atom stereocenters. The SMILES string of the molecule is CC.CCC(C)Oc1nc(-c2cc(N)c(F)c(C)c2C(F)(F)F)c(F)c2nc(OCCC3(N4CCOCC4)COC3)nc(NCCNC)c12. The molecule has 4 heterocycles. The zero-order chi connectivity index (χ0) is 35.9. The number of aromatic nitrogens is 3. The van der Waals surface area contributed by atoms with E-state index in [0.717, 1.165) is 26.1 Å². The third-order valence-corrected chi connectivity index (χ3v) is 8.57. The molecule has 1 unspecified atom stereocenters. The molecule has 2 fully saturated rings. The Morgan fingerprint density at radius 3 is 2.35 bits per heavy atom. The van der Waals surface area contributed by atoms with Crippen LogP contribution in [0.15, 0.2) is 6.07 Å². The van der Waals surface area contributed by atoms with Crippen molar-refractivity contribution in [3.05, 3.63) is 28.8 Å². The van der Waals surface area contributed by atoms with E-state index < -0.39 is 52.0 Å². The van der Waals surface area contributed by atoms with E-state index in [-0.39, 0.29) is 40.8 Å². The summed E-state index contributed by atoms with van der Waals surface area (Å²) in [5, 5.41) is 6.13. The van der Waals surface area contributed by atoms with Gasteiger partial charge in [-0.2, -0.15) is 23.1 Å². The normalized spacial score (nSPS) is 16.8. The molecule has 1 aromatic carbocycles. The van der Waals surface area contributed by atoms with Gasteiger partial charge in [-0.15, -0.1) is 0 Å². The molecule has 2 aliphatic rings. The molecule has 2 aliphatic heterocycles. The van der Waals surface area contributed by atoms with E-state index >= 15 is 4.39 Å². The van der Waals surface area contributed by atoms with Gasteiger partial charge >= 0.3 is 12.2 Å². The summed E-state index contributed by atoms with van der Waals surface area (Å²) in [6.07, 6.45) is -4.46. The summed E-state index contributed by atoms with van der Waals surface area (Å²) in [6, 6.07) is 0.532. The smallest absolute Gasteiger partial charge is 0.417 e. The second-order valence-electron chi connectivity index (χ2n) is 11.8. The van der Waals surface area contributed by atoms with E-state index in [1.54, 1.807) is 14.0 Å². The van der Waals surface area contributed by atoms with Gasteiger partial charge in [-0.05, 0) is 38.9 Å². The number of fused-ring (bicyclic) bond motifs is 1. The Labute approximate surface area is 283 Å². The highest BCUT2D eigenvalue weighted by Crippen LogP contribution is 2.45. The highest BCUT2D eigenvalue weighted by Gasteiger charge is 2.44. The van der Waals surface area contributed by atoms with Crippen LogP contribution in [0, 0.1) is 18.6 Å². The number of alkyl halides is 3. The summed E-state index contributed by atoms with van der Waals surface area (Å²) >= 11 is 0. The average molecular weight is 700 g/mol. The Bertz CT molecular complexity index is 1580. The highest BCUT2D eigenvalue weighted by molar-refractivity contribution is 5.96. The molecule has 49 heavy (non-hydrogen) atoms. The van der Waals surface area contributed by atoms with Crippen molar-refractivity contribution < 1.29 is 40.9 Å². The number of morpholine rings is 1. The molecular formula is C33H46F5N7O4. The molecule has 5 rings (SSSR count). The Morgan fingerprint density at radius 2 is 1.76 bits per heavy atom. The maximum Gasteiger partial charge on any atom is 0.417 e. The third-order valence-electron chi connectivity index (χ3n) is 8.57. The lowest BCUT2D eigenvalue weighted by Gasteiger charge is -2.50.